The van der Waals surface area contributed by atoms with Crippen molar-refractivity contribution in [3.05, 3.63) is 165 Å². The number of rotatable bonds is 9. The summed E-state index contributed by atoms with van der Waals surface area (Å²) in [4.78, 5) is 82.9. The number of piperidine rings is 3. The topological polar surface area (TPSA) is 204 Å². The number of carbonyl (C=O) groups is 3. The van der Waals surface area contributed by atoms with Gasteiger partial charge in [0.25, 0.3) is 17.7 Å². The maximum Gasteiger partial charge on any atom is 0.277 e. The third-order valence-electron chi connectivity index (χ3n) is 21.1. The lowest BCUT2D eigenvalue weighted by molar-refractivity contribution is 0.0590. The first-order valence-electron chi connectivity index (χ1n) is 35.7. The van der Waals surface area contributed by atoms with Gasteiger partial charge in [-0.3, -0.25) is 18.8 Å². The smallest absolute Gasteiger partial charge is 0.277 e. The van der Waals surface area contributed by atoms with Crippen LogP contribution in [0.15, 0.2) is 109 Å². The highest BCUT2D eigenvalue weighted by Crippen LogP contribution is 2.39. The van der Waals surface area contributed by atoms with Crippen molar-refractivity contribution in [2.24, 2.45) is 17.8 Å². The van der Waals surface area contributed by atoms with Crippen molar-refractivity contribution in [1.29, 1.82) is 0 Å². The highest BCUT2D eigenvalue weighted by atomic mass is 32.1. The number of nitrogens with zero attached hydrogens (tertiary/aromatic N) is 19. The number of halogens is 1. The van der Waals surface area contributed by atoms with Crippen LogP contribution in [-0.4, -0.2) is 154 Å². The molecule has 0 N–H and O–H groups in total. The summed E-state index contributed by atoms with van der Waals surface area (Å²) in [6.07, 6.45) is 21.9. The zero-order valence-electron chi connectivity index (χ0n) is 57.6. The number of likely N-dealkylation sites (tertiary alicyclic amines) is 3. The number of pyridine rings is 2. The summed E-state index contributed by atoms with van der Waals surface area (Å²) in [5, 5.41) is 15.6. The molecule has 17 heterocycles. The number of fused-ring (bicyclic) bond motifs is 6. The van der Waals surface area contributed by atoms with E-state index in [4.69, 9.17) is 30.2 Å². The van der Waals surface area contributed by atoms with Crippen LogP contribution >= 0.6 is 22.7 Å². The van der Waals surface area contributed by atoms with Crippen LogP contribution in [0.2, 0.25) is 0 Å². The molecule has 6 aliphatic rings. The Hall–Kier alpha value is -9.49. The number of carbonyl (C=O) groups excluding carboxylic acids is 3. The Morgan fingerprint density at radius 2 is 1.00 bits per heavy atom. The second-order valence-electron chi connectivity index (χ2n) is 28.6. The molecule has 0 spiro atoms. The standard InChI is InChI=1S/C25H28FN7O.2C25H28N6OS/c1-16-9-12-30(14-16)24-17(2)15-33-21(28-24)13-18(29-33)19-7-3-5-10-31(19)25(34)22-23(26)32-11-6-4-8-20(32)27-22;1-16-8-11-29(14-16)23-17(2)15-31-22(27-23)13-19(28-31)20-7-3-4-10-30(20)25(32)21-12-18-6-5-9-26-24(18)33-21;1-16-8-10-29(13-16)24-17(2)14-31-23(27-24)12-20(28-31)21-5-3-4-9-30(21)25(32)18-6-7-19-22(11-18)33-15-26-19/h4,6,8,11,13,15-16,19H,3,5,7,9-10,12,14H2,1-2H3;5-6,9,12-13,15-16,20H,3-4,7-8,10-11,14H2,1-2H3;6-7,11-12,14-16,21H,3-5,8-10,13H2,1-2H3/t16-,19-;16-,20-;16-,21-/m000/s1. The van der Waals surface area contributed by atoms with Gasteiger partial charge in [-0.15, -0.1) is 22.7 Å². The molecule has 1 aromatic carbocycles. The quantitative estimate of drug-likeness (QED) is 0.132. The summed E-state index contributed by atoms with van der Waals surface area (Å²) in [6.45, 7) is 21.5. The van der Waals surface area contributed by atoms with Gasteiger partial charge in [-0.25, -0.2) is 43.5 Å². The lowest BCUT2D eigenvalue weighted by Crippen LogP contribution is -2.39. The van der Waals surface area contributed by atoms with Gasteiger partial charge in [-0.05, 0) is 158 Å². The van der Waals surface area contributed by atoms with Gasteiger partial charge in [0.05, 0.1) is 55.8 Å². The number of benzene rings is 1. The fourth-order valence-electron chi connectivity index (χ4n) is 15.8. The number of thiazole rings is 1. The third kappa shape index (κ3) is 12.6. The molecule has 0 radical (unpaired) electrons. The zero-order chi connectivity index (χ0) is 68.4. The maximum atomic E-state index is 15.0. The Kier molecular flexibility index (Phi) is 17.7. The number of aromatic nitrogens is 13. The lowest BCUT2D eigenvalue weighted by atomic mass is 9.98. The van der Waals surface area contributed by atoms with Crippen LogP contribution in [0.5, 0.6) is 0 Å². The average Bonchev–Trinajstić information content (AvgIpc) is 1.39. The molecule has 22 nitrogen and oxygen atoms in total. The molecule has 25 heteroatoms. The van der Waals surface area contributed by atoms with Crippen molar-refractivity contribution < 1.29 is 18.8 Å². The maximum absolute atomic E-state index is 15.0. The van der Waals surface area contributed by atoms with Crippen LogP contribution in [0.25, 0.3) is 43.0 Å². The normalized spacial score (nSPS) is 21.3. The molecular weight excluding hydrogens is 1300 g/mol. The number of anilines is 3. The van der Waals surface area contributed by atoms with Crippen LogP contribution in [0.3, 0.4) is 0 Å². The summed E-state index contributed by atoms with van der Waals surface area (Å²) in [5.41, 5.74) is 12.3. The van der Waals surface area contributed by atoms with Crippen LogP contribution < -0.4 is 14.7 Å². The van der Waals surface area contributed by atoms with Gasteiger partial charge < -0.3 is 29.4 Å². The molecule has 11 aromatic heterocycles. The number of imidazole rings is 1. The van der Waals surface area contributed by atoms with E-state index in [1.807, 2.05) is 73.0 Å². The number of hydrogen-bond acceptors (Lipinski definition) is 17. The minimum absolute atomic E-state index is 0.0262. The number of thiophene rings is 1. The fraction of sp³-hybridized carbons (Fsp3) is 0.440. The van der Waals surface area contributed by atoms with Gasteiger partial charge in [0, 0.05) is 136 Å². The predicted octanol–water partition coefficient (Wildman–Crippen LogP) is 13.8. The van der Waals surface area contributed by atoms with Gasteiger partial charge in [-0.1, -0.05) is 32.9 Å². The largest absolute Gasteiger partial charge is 0.356 e. The Morgan fingerprint density at radius 1 is 0.500 bits per heavy atom. The van der Waals surface area contributed by atoms with E-state index in [9.17, 15) is 14.4 Å². The first-order valence-corrected chi connectivity index (χ1v) is 37.4. The molecule has 516 valence electrons. The van der Waals surface area contributed by atoms with Gasteiger partial charge in [0.1, 0.15) is 27.9 Å². The molecule has 12 aromatic rings. The summed E-state index contributed by atoms with van der Waals surface area (Å²) in [5.74, 6) is 4.34. The first-order chi connectivity index (χ1) is 48.6. The zero-order valence-corrected chi connectivity index (χ0v) is 59.3. The molecule has 6 saturated heterocycles. The molecule has 6 aliphatic heterocycles. The van der Waals surface area contributed by atoms with Crippen molar-refractivity contribution in [3.8, 4) is 0 Å². The predicted molar refractivity (Wildman–Crippen MR) is 388 cm³/mol. The van der Waals surface area contributed by atoms with E-state index >= 15 is 4.39 Å². The summed E-state index contributed by atoms with van der Waals surface area (Å²) in [7, 11) is 0. The number of aryl methyl sites for hydroxylation is 3. The van der Waals surface area contributed by atoms with E-state index in [0.717, 1.165) is 209 Å². The summed E-state index contributed by atoms with van der Waals surface area (Å²) in [6, 6.07) is 22.7. The summed E-state index contributed by atoms with van der Waals surface area (Å²) >= 11 is 3.04. The molecule has 6 atom stereocenters. The van der Waals surface area contributed by atoms with Crippen molar-refractivity contribution in [2.45, 2.75) is 137 Å². The van der Waals surface area contributed by atoms with Crippen LogP contribution in [0, 0.1) is 44.5 Å². The number of amides is 3. The molecule has 0 saturated carbocycles. The van der Waals surface area contributed by atoms with Crippen molar-refractivity contribution in [1.82, 2.24) is 77.8 Å². The van der Waals surface area contributed by atoms with E-state index in [1.54, 1.807) is 51.3 Å². The molecular formula is C75H84FN19O3S2. The van der Waals surface area contributed by atoms with Crippen LogP contribution in [0.1, 0.15) is 180 Å². The Balaban J connectivity index is 0.000000117. The number of hydrogen-bond donors (Lipinski definition) is 0. The SMILES string of the molecule is Cc1cn2nc([C@@H]3CCCCN3C(=O)c3cc4cccnc4s3)cc2nc1N1CC[C@H](C)C1.Cc1cn2nc([C@@H]3CCCCN3C(=O)c3ccc4ncsc4c3)cc2nc1N1CC[C@H](C)C1.Cc1cn2nc([C@@H]3CCCCN3C(=O)c3nc4ccccn4c3F)cc2nc1N1CC[C@H](C)C1. The summed E-state index contributed by atoms with van der Waals surface area (Å²) < 4.78 is 22.9. The van der Waals surface area contributed by atoms with Gasteiger partial charge in [-0.2, -0.15) is 19.7 Å². The van der Waals surface area contributed by atoms with Crippen molar-refractivity contribution in [2.75, 3.05) is 73.6 Å². The second kappa shape index (κ2) is 27.2. The molecule has 0 aliphatic carbocycles. The molecule has 6 fully saturated rings. The fourth-order valence-corrected chi connectivity index (χ4v) is 17.5. The second-order valence-corrected chi connectivity index (χ2v) is 30.5. The molecule has 100 heavy (non-hydrogen) atoms. The van der Waals surface area contributed by atoms with Crippen molar-refractivity contribution in [3.63, 3.8) is 0 Å². The molecule has 0 unspecified atom stereocenters. The Labute approximate surface area is 587 Å². The van der Waals surface area contributed by atoms with E-state index in [1.165, 1.54) is 35.0 Å². The molecule has 18 rings (SSSR count). The first kappa shape index (κ1) is 65.1. The Morgan fingerprint density at radius 3 is 1.48 bits per heavy atom. The minimum Gasteiger partial charge on any atom is -0.356 e. The Bertz CT molecular complexity index is 4900. The minimum atomic E-state index is -0.623. The van der Waals surface area contributed by atoms with E-state index < -0.39 is 5.95 Å². The average molecular weight is 1380 g/mol. The molecule has 3 amide bonds. The highest BCUT2D eigenvalue weighted by molar-refractivity contribution is 7.20. The lowest BCUT2D eigenvalue weighted by Gasteiger charge is -2.34. The molecule has 0 bridgehead atoms. The van der Waals surface area contributed by atoms with Gasteiger partial charge in [0.2, 0.25) is 5.95 Å². The van der Waals surface area contributed by atoms with Gasteiger partial charge in [0.15, 0.2) is 22.6 Å². The van der Waals surface area contributed by atoms with Crippen LogP contribution in [-0.2, 0) is 0 Å². The monoisotopic (exact) mass is 1380 g/mol. The third-order valence-corrected chi connectivity index (χ3v) is 23.0. The van der Waals surface area contributed by atoms with Gasteiger partial charge >= 0.3 is 0 Å². The van der Waals surface area contributed by atoms with E-state index in [-0.39, 0.29) is 41.5 Å². The van der Waals surface area contributed by atoms with E-state index in [0.29, 0.717) is 29.9 Å². The van der Waals surface area contributed by atoms with Crippen molar-refractivity contribution >= 4 is 101 Å². The van der Waals surface area contributed by atoms with Crippen LogP contribution in [0.4, 0.5) is 21.8 Å². The van der Waals surface area contributed by atoms with E-state index in [2.05, 4.69) is 95.7 Å². The highest BCUT2D eigenvalue weighted by Gasteiger charge is 2.37.